The number of aromatic nitrogens is 2. The maximum absolute atomic E-state index is 10.3. The fraction of sp³-hybridized carbons (Fsp3) is 0.333. The Bertz CT molecular complexity index is 256. The molecule has 0 fully saturated rings. The smallest absolute Gasteiger partial charge is 0.343 e. The maximum Gasteiger partial charge on any atom is 0.343 e. The third kappa shape index (κ3) is 1.54. The van der Waals surface area contributed by atoms with Crippen LogP contribution in [0.15, 0.2) is 12.5 Å². The maximum atomic E-state index is 10.3. The summed E-state index contributed by atoms with van der Waals surface area (Å²) in [7, 11) is 0. The van der Waals surface area contributed by atoms with E-state index in [9.17, 15) is 10.1 Å². The number of nitro groups is 1. The quantitative estimate of drug-likeness (QED) is 0.485. The van der Waals surface area contributed by atoms with Gasteiger partial charge in [-0.05, 0) is 11.3 Å². The Kier molecular flexibility index (Phi) is 2.20. The highest BCUT2D eigenvalue weighted by molar-refractivity contribution is 5.16. The van der Waals surface area contributed by atoms with Crippen LogP contribution in [0.25, 0.3) is 0 Å². The Hall–Kier alpha value is -1.39. The van der Waals surface area contributed by atoms with E-state index in [1.807, 2.05) is 6.92 Å². The zero-order chi connectivity index (χ0) is 8.27. The van der Waals surface area contributed by atoms with Gasteiger partial charge in [0, 0.05) is 0 Å². The molecule has 0 saturated carbocycles. The summed E-state index contributed by atoms with van der Waals surface area (Å²) in [5.74, 6) is 0.00634. The Morgan fingerprint density at radius 2 is 2.64 bits per heavy atom. The third-order valence-corrected chi connectivity index (χ3v) is 1.21. The first-order chi connectivity index (χ1) is 5.25. The van der Waals surface area contributed by atoms with E-state index in [2.05, 4.69) is 4.98 Å². The minimum absolute atomic E-state index is 0.00634. The normalized spacial score (nSPS) is 9.91. The van der Waals surface area contributed by atoms with Gasteiger partial charge in [0.25, 0.3) is 0 Å². The van der Waals surface area contributed by atoms with Crippen molar-refractivity contribution in [1.29, 1.82) is 0 Å². The molecular formula is C6H8N3O2. The topological polar surface area (TPSA) is 61.0 Å². The second kappa shape index (κ2) is 3.14. The first kappa shape index (κ1) is 7.71. The summed E-state index contributed by atoms with van der Waals surface area (Å²) < 4.78 is 1.40. The van der Waals surface area contributed by atoms with Crippen LogP contribution in [0, 0.1) is 16.7 Å². The van der Waals surface area contributed by atoms with Crippen LogP contribution in [-0.4, -0.2) is 14.5 Å². The zero-order valence-electron chi connectivity index (χ0n) is 6.10. The largest absolute Gasteiger partial charge is 0.358 e. The Balaban J connectivity index is 2.87. The molecule has 59 valence electrons. The van der Waals surface area contributed by atoms with E-state index in [4.69, 9.17) is 0 Å². The Labute approximate surface area is 63.8 Å². The predicted molar refractivity (Wildman–Crippen MR) is 38.9 cm³/mol. The van der Waals surface area contributed by atoms with Crippen LogP contribution in [0.4, 0.5) is 5.82 Å². The van der Waals surface area contributed by atoms with Gasteiger partial charge in [0.1, 0.15) is 12.7 Å². The molecule has 0 aliphatic carbocycles. The summed E-state index contributed by atoms with van der Waals surface area (Å²) in [6.45, 7) is 3.61. The molecular weight excluding hydrogens is 146 g/mol. The van der Waals surface area contributed by atoms with Crippen molar-refractivity contribution in [2.75, 3.05) is 0 Å². The van der Waals surface area contributed by atoms with Crippen LogP contribution in [0.1, 0.15) is 13.3 Å². The lowest BCUT2D eigenvalue weighted by Gasteiger charge is -1.95. The van der Waals surface area contributed by atoms with Crippen molar-refractivity contribution in [2.24, 2.45) is 0 Å². The van der Waals surface area contributed by atoms with Gasteiger partial charge >= 0.3 is 5.82 Å². The van der Waals surface area contributed by atoms with Crippen molar-refractivity contribution in [3.8, 4) is 0 Å². The van der Waals surface area contributed by atoms with Crippen molar-refractivity contribution in [3.63, 3.8) is 0 Å². The van der Waals surface area contributed by atoms with Crippen molar-refractivity contribution in [3.05, 3.63) is 29.2 Å². The van der Waals surface area contributed by atoms with E-state index in [-0.39, 0.29) is 5.82 Å². The lowest BCUT2D eigenvalue weighted by atomic mass is 10.5. The number of hydrogen-bond donors (Lipinski definition) is 0. The van der Waals surface area contributed by atoms with Gasteiger partial charge in [0.05, 0.1) is 0 Å². The SMILES string of the molecule is CC[CH]n1cncc1[N+](=O)[O-]. The lowest BCUT2D eigenvalue weighted by Crippen LogP contribution is -1.98. The van der Waals surface area contributed by atoms with E-state index in [0.29, 0.717) is 0 Å². The number of rotatable bonds is 3. The molecule has 1 aromatic heterocycles. The van der Waals surface area contributed by atoms with E-state index in [1.165, 1.54) is 17.1 Å². The average Bonchev–Trinajstić information content (AvgIpc) is 2.36. The minimum atomic E-state index is -0.459. The van der Waals surface area contributed by atoms with Crippen LogP contribution < -0.4 is 0 Å². The molecule has 0 aliphatic heterocycles. The molecule has 0 atom stereocenters. The molecule has 0 saturated heterocycles. The number of hydrogen-bond acceptors (Lipinski definition) is 3. The van der Waals surface area contributed by atoms with E-state index >= 15 is 0 Å². The molecule has 0 spiro atoms. The molecule has 1 heterocycles. The summed E-state index contributed by atoms with van der Waals surface area (Å²) in [4.78, 5) is 13.5. The molecule has 5 heteroatoms. The van der Waals surface area contributed by atoms with Gasteiger partial charge in [-0.3, -0.25) is 0 Å². The predicted octanol–water partition coefficient (Wildman–Crippen LogP) is 1.21. The number of imidazole rings is 1. The van der Waals surface area contributed by atoms with E-state index in [1.54, 1.807) is 6.54 Å². The lowest BCUT2D eigenvalue weighted by molar-refractivity contribution is -0.391. The van der Waals surface area contributed by atoms with Crippen LogP contribution in [0.5, 0.6) is 0 Å². The highest BCUT2D eigenvalue weighted by Gasteiger charge is 2.11. The Morgan fingerprint density at radius 3 is 3.18 bits per heavy atom. The van der Waals surface area contributed by atoms with Gasteiger partial charge in [0.2, 0.25) is 0 Å². The van der Waals surface area contributed by atoms with Crippen LogP contribution in [0.2, 0.25) is 0 Å². The van der Waals surface area contributed by atoms with E-state index in [0.717, 1.165) is 6.42 Å². The molecule has 0 amide bonds. The second-order valence-electron chi connectivity index (χ2n) is 2.01. The highest BCUT2D eigenvalue weighted by atomic mass is 16.6. The van der Waals surface area contributed by atoms with Crippen molar-refractivity contribution >= 4 is 5.82 Å². The summed E-state index contributed by atoms with van der Waals surface area (Å²) in [5, 5.41) is 10.3. The first-order valence-corrected chi connectivity index (χ1v) is 3.25. The van der Waals surface area contributed by atoms with Gasteiger partial charge < -0.3 is 10.1 Å². The van der Waals surface area contributed by atoms with Gasteiger partial charge in [0.15, 0.2) is 6.33 Å². The monoisotopic (exact) mass is 154 g/mol. The summed E-state index contributed by atoms with van der Waals surface area (Å²) in [6.07, 6.45) is 3.39. The van der Waals surface area contributed by atoms with Crippen LogP contribution in [0.3, 0.4) is 0 Å². The molecule has 0 aromatic carbocycles. The fourth-order valence-electron chi connectivity index (χ4n) is 0.776. The van der Waals surface area contributed by atoms with Crippen molar-refractivity contribution in [1.82, 2.24) is 9.55 Å². The first-order valence-electron chi connectivity index (χ1n) is 3.25. The molecule has 0 aliphatic rings. The molecule has 0 unspecified atom stereocenters. The number of nitrogens with zero attached hydrogens (tertiary/aromatic N) is 3. The second-order valence-corrected chi connectivity index (χ2v) is 2.01. The summed E-state index contributed by atoms with van der Waals surface area (Å²) in [6, 6.07) is 0. The molecule has 5 nitrogen and oxygen atoms in total. The van der Waals surface area contributed by atoms with Gasteiger partial charge in [-0.2, -0.15) is 0 Å². The average molecular weight is 154 g/mol. The Morgan fingerprint density at radius 1 is 1.91 bits per heavy atom. The van der Waals surface area contributed by atoms with Crippen molar-refractivity contribution < 1.29 is 4.92 Å². The van der Waals surface area contributed by atoms with Crippen LogP contribution >= 0.6 is 0 Å². The van der Waals surface area contributed by atoms with Gasteiger partial charge in [-0.15, -0.1) is 0 Å². The third-order valence-electron chi connectivity index (χ3n) is 1.21. The summed E-state index contributed by atoms with van der Waals surface area (Å²) >= 11 is 0. The standard InChI is InChI=1S/C6H8N3O2/c1-2-3-8-5-7-4-6(8)9(10)11/h3-5H,2H2,1H3. The molecule has 11 heavy (non-hydrogen) atoms. The van der Waals surface area contributed by atoms with Crippen LogP contribution in [-0.2, 0) is 0 Å². The summed E-state index contributed by atoms with van der Waals surface area (Å²) in [5.41, 5.74) is 0. The molecule has 1 rings (SSSR count). The van der Waals surface area contributed by atoms with E-state index < -0.39 is 4.92 Å². The fourth-order valence-corrected chi connectivity index (χ4v) is 0.776. The molecule has 0 N–H and O–H groups in total. The molecule has 0 bridgehead atoms. The molecule has 1 aromatic rings. The van der Waals surface area contributed by atoms with Gasteiger partial charge in [-0.25, -0.2) is 9.55 Å². The minimum Gasteiger partial charge on any atom is -0.358 e. The van der Waals surface area contributed by atoms with Gasteiger partial charge in [-0.1, -0.05) is 6.92 Å². The molecule has 1 radical (unpaired) electrons. The van der Waals surface area contributed by atoms with Crippen molar-refractivity contribution in [2.45, 2.75) is 13.3 Å². The highest BCUT2D eigenvalue weighted by Crippen LogP contribution is 2.10. The zero-order valence-corrected chi connectivity index (χ0v) is 6.10.